The number of ether oxygens (including phenoxy) is 2. The first-order valence-corrected chi connectivity index (χ1v) is 6.57. The van der Waals surface area contributed by atoms with Crippen LogP contribution in [0.4, 0.5) is 0 Å². The lowest BCUT2D eigenvalue weighted by Gasteiger charge is -2.32. The van der Waals surface area contributed by atoms with Crippen LogP contribution < -0.4 is 9.47 Å². The van der Waals surface area contributed by atoms with Crippen LogP contribution in [-0.4, -0.2) is 46.2 Å². The number of carbonyl (C=O) groups excluding carboxylic acids is 1. The normalized spacial score (nSPS) is 18.9. The van der Waals surface area contributed by atoms with Gasteiger partial charge in [0.25, 0.3) is 0 Å². The SMILES string of the molecule is CO[B]N1C[C@H](c2ccc(OC)c(OC)c2)CCC1=O. The first-order valence-electron chi connectivity index (χ1n) is 6.57. The lowest BCUT2D eigenvalue weighted by molar-refractivity contribution is -0.129. The summed E-state index contributed by atoms with van der Waals surface area (Å²) < 4.78 is 15.5. The van der Waals surface area contributed by atoms with Crippen molar-refractivity contribution in [2.24, 2.45) is 0 Å². The topological polar surface area (TPSA) is 48.0 Å². The van der Waals surface area contributed by atoms with Gasteiger partial charge in [0.1, 0.15) is 0 Å². The van der Waals surface area contributed by atoms with Crippen LogP contribution in [0.25, 0.3) is 0 Å². The number of hydrogen-bond donors (Lipinski definition) is 0. The summed E-state index contributed by atoms with van der Waals surface area (Å²) in [5.41, 5.74) is 1.14. The second kappa shape index (κ2) is 6.66. The Labute approximate surface area is 120 Å². The van der Waals surface area contributed by atoms with E-state index in [9.17, 15) is 4.79 Å². The van der Waals surface area contributed by atoms with E-state index in [0.717, 1.165) is 12.0 Å². The van der Waals surface area contributed by atoms with Crippen molar-refractivity contribution in [2.45, 2.75) is 18.8 Å². The van der Waals surface area contributed by atoms with Gasteiger partial charge in [-0.2, -0.15) is 0 Å². The van der Waals surface area contributed by atoms with Crippen molar-refractivity contribution in [1.82, 2.24) is 4.81 Å². The predicted octanol–water partition coefficient (Wildman–Crippen LogP) is 1.59. The van der Waals surface area contributed by atoms with Crippen LogP contribution >= 0.6 is 0 Å². The average Bonchev–Trinajstić information content (AvgIpc) is 2.49. The van der Waals surface area contributed by atoms with Gasteiger partial charge in [-0.1, -0.05) is 6.07 Å². The molecule has 0 saturated carbocycles. The molecule has 1 atom stereocenters. The van der Waals surface area contributed by atoms with Gasteiger partial charge < -0.3 is 18.9 Å². The second-order valence-corrected chi connectivity index (χ2v) is 4.74. The number of piperidine rings is 1. The Morgan fingerprint density at radius 2 is 1.95 bits per heavy atom. The minimum atomic E-state index is 0.101. The van der Waals surface area contributed by atoms with Crippen LogP contribution in [0.2, 0.25) is 0 Å². The van der Waals surface area contributed by atoms with E-state index in [1.807, 2.05) is 18.2 Å². The van der Waals surface area contributed by atoms with Gasteiger partial charge in [-0.25, -0.2) is 0 Å². The molecule has 1 aliphatic rings. The zero-order valence-corrected chi connectivity index (χ0v) is 12.1. The third-order valence-corrected chi connectivity index (χ3v) is 3.56. The van der Waals surface area contributed by atoms with Gasteiger partial charge in [-0.15, -0.1) is 0 Å². The summed E-state index contributed by atoms with van der Waals surface area (Å²) in [7, 11) is 6.27. The molecular formula is C14H19BNO4. The molecule has 1 aromatic rings. The van der Waals surface area contributed by atoms with Gasteiger partial charge in [0.05, 0.1) is 14.2 Å². The van der Waals surface area contributed by atoms with E-state index in [-0.39, 0.29) is 11.8 Å². The maximum atomic E-state index is 11.8. The molecule has 0 aromatic heterocycles. The Balaban J connectivity index is 2.17. The highest BCUT2D eigenvalue weighted by molar-refractivity contribution is 6.29. The average molecular weight is 276 g/mol. The number of benzene rings is 1. The number of methoxy groups -OCH3 is 2. The molecule has 1 heterocycles. The van der Waals surface area contributed by atoms with Gasteiger partial charge in [0.15, 0.2) is 11.5 Å². The zero-order valence-electron chi connectivity index (χ0n) is 12.1. The van der Waals surface area contributed by atoms with E-state index >= 15 is 0 Å². The molecule has 0 unspecified atom stereocenters. The van der Waals surface area contributed by atoms with Crippen molar-refractivity contribution in [3.63, 3.8) is 0 Å². The molecule has 0 spiro atoms. The molecule has 1 saturated heterocycles. The van der Waals surface area contributed by atoms with Crippen LogP contribution in [0.3, 0.4) is 0 Å². The smallest absolute Gasteiger partial charge is 0.441 e. The standard InChI is InChI=1S/C14H19BNO4/c1-18-12-6-4-10(8-13(12)19-2)11-5-7-14(17)16(9-11)15-20-3/h4,6,8,11H,5,7,9H2,1-3H3/t11-/m1/s1. The monoisotopic (exact) mass is 276 g/mol. The third-order valence-electron chi connectivity index (χ3n) is 3.56. The van der Waals surface area contributed by atoms with Crippen molar-refractivity contribution in [3.8, 4) is 11.5 Å². The predicted molar refractivity (Wildman–Crippen MR) is 76.0 cm³/mol. The molecule has 1 aliphatic heterocycles. The van der Waals surface area contributed by atoms with E-state index in [4.69, 9.17) is 14.1 Å². The van der Waals surface area contributed by atoms with E-state index in [1.54, 1.807) is 26.1 Å². The Kier molecular flexibility index (Phi) is 4.90. The quantitative estimate of drug-likeness (QED) is 0.766. The van der Waals surface area contributed by atoms with Crippen LogP contribution in [-0.2, 0) is 9.45 Å². The number of rotatable bonds is 5. The second-order valence-electron chi connectivity index (χ2n) is 4.74. The summed E-state index contributed by atoms with van der Waals surface area (Å²) in [6.45, 7) is 0.627. The summed E-state index contributed by atoms with van der Waals surface area (Å²) >= 11 is 0. The molecule has 1 fully saturated rings. The molecule has 0 N–H and O–H groups in total. The number of hydrogen-bond acceptors (Lipinski definition) is 4. The lowest BCUT2D eigenvalue weighted by atomic mass is 9.88. The van der Waals surface area contributed by atoms with Crippen LogP contribution in [0, 0.1) is 0 Å². The van der Waals surface area contributed by atoms with Crippen LogP contribution in [0.15, 0.2) is 18.2 Å². The first-order chi connectivity index (χ1) is 9.69. The van der Waals surface area contributed by atoms with E-state index < -0.39 is 0 Å². The fourth-order valence-corrected chi connectivity index (χ4v) is 2.48. The highest BCUT2D eigenvalue weighted by Crippen LogP contribution is 2.34. The molecule has 6 heteroatoms. The largest absolute Gasteiger partial charge is 0.493 e. The van der Waals surface area contributed by atoms with Crippen molar-refractivity contribution in [2.75, 3.05) is 27.9 Å². The van der Waals surface area contributed by atoms with Crippen molar-refractivity contribution in [3.05, 3.63) is 23.8 Å². The van der Waals surface area contributed by atoms with Gasteiger partial charge in [-0.05, 0) is 24.1 Å². The van der Waals surface area contributed by atoms with Gasteiger partial charge in [0, 0.05) is 26.0 Å². The summed E-state index contributed by atoms with van der Waals surface area (Å²) in [4.78, 5) is 13.4. The minimum absolute atomic E-state index is 0.101. The lowest BCUT2D eigenvalue weighted by Crippen LogP contribution is -2.42. The number of nitrogens with zero attached hydrogens (tertiary/aromatic N) is 1. The first kappa shape index (κ1) is 14.7. The summed E-state index contributed by atoms with van der Waals surface area (Å²) in [5.74, 6) is 1.80. The molecule has 1 amide bonds. The molecule has 5 nitrogen and oxygen atoms in total. The molecule has 20 heavy (non-hydrogen) atoms. The zero-order chi connectivity index (χ0) is 14.5. The van der Waals surface area contributed by atoms with E-state index in [2.05, 4.69) is 0 Å². The summed E-state index contributed by atoms with van der Waals surface area (Å²) in [5, 5.41) is 0. The fourth-order valence-electron chi connectivity index (χ4n) is 2.48. The Morgan fingerprint density at radius 3 is 2.60 bits per heavy atom. The fraction of sp³-hybridized carbons (Fsp3) is 0.500. The molecule has 2 rings (SSSR count). The maximum absolute atomic E-state index is 11.8. The van der Waals surface area contributed by atoms with Gasteiger partial charge >= 0.3 is 7.62 Å². The van der Waals surface area contributed by atoms with E-state index in [1.165, 1.54) is 7.62 Å². The van der Waals surface area contributed by atoms with Crippen molar-refractivity contribution >= 4 is 13.5 Å². The van der Waals surface area contributed by atoms with E-state index in [0.29, 0.717) is 24.5 Å². The van der Waals surface area contributed by atoms with Crippen molar-refractivity contribution in [1.29, 1.82) is 0 Å². The Bertz CT molecular complexity index is 480. The highest BCUT2D eigenvalue weighted by atomic mass is 16.5. The molecule has 0 bridgehead atoms. The molecule has 0 aliphatic carbocycles. The summed E-state index contributed by atoms with van der Waals surface area (Å²) in [6, 6.07) is 5.89. The molecule has 107 valence electrons. The van der Waals surface area contributed by atoms with Gasteiger partial charge in [-0.3, -0.25) is 4.79 Å². The maximum Gasteiger partial charge on any atom is 0.441 e. The molecule has 1 aromatic carbocycles. The van der Waals surface area contributed by atoms with Gasteiger partial charge in [0.2, 0.25) is 5.91 Å². The molecular weight excluding hydrogens is 257 g/mol. The van der Waals surface area contributed by atoms with Crippen LogP contribution in [0.1, 0.15) is 24.3 Å². The highest BCUT2D eigenvalue weighted by Gasteiger charge is 2.27. The number of amides is 1. The Hall–Kier alpha value is -1.69. The third kappa shape index (κ3) is 3.07. The minimum Gasteiger partial charge on any atom is -0.493 e. The molecule has 1 radical (unpaired) electrons. The van der Waals surface area contributed by atoms with Crippen molar-refractivity contribution < 1.29 is 18.9 Å². The Morgan fingerprint density at radius 1 is 1.20 bits per heavy atom. The number of carbonyl (C=O) groups is 1. The van der Waals surface area contributed by atoms with Crippen LogP contribution in [0.5, 0.6) is 11.5 Å². The summed E-state index contributed by atoms with van der Waals surface area (Å²) in [6.07, 6.45) is 1.36.